The molecule has 4 heteroatoms. The fourth-order valence-electron chi connectivity index (χ4n) is 2.48. The van der Waals surface area contributed by atoms with Gasteiger partial charge in [0.1, 0.15) is 5.75 Å². The Balaban J connectivity index is 2.58. The second-order valence-electron chi connectivity index (χ2n) is 4.70. The highest BCUT2D eigenvalue weighted by Gasteiger charge is 2.27. The van der Waals surface area contributed by atoms with Gasteiger partial charge in [-0.15, -0.1) is 0 Å². The third kappa shape index (κ3) is 2.47. The van der Waals surface area contributed by atoms with Crippen LogP contribution in [0.15, 0.2) is 36.4 Å². The molecule has 0 aliphatic carbocycles. The van der Waals surface area contributed by atoms with E-state index < -0.39 is 18.0 Å². The van der Waals surface area contributed by atoms with Crippen molar-refractivity contribution in [2.45, 2.75) is 19.4 Å². The lowest BCUT2D eigenvalue weighted by molar-refractivity contribution is -0.146. The van der Waals surface area contributed by atoms with Crippen LogP contribution in [0.25, 0.3) is 10.8 Å². The van der Waals surface area contributed by atoms with Crippen molar-refractivity contribution in [3.63, 3.8) is 0 Å². The molecule has 2 atom stereocenters. The molecule has 0 saturated heterocycles. The van der Waals surface area contributed by atoms with Crippen LogP contribution in [-0.2, 0) is 4.79 Å². The monoisotopic (exact) mass is 274 g/mol. The molecule has 0 aromatic heterocycles. The number of carbonyl (C=O) groups is 1. The summed E-state index contributed by atoms with van der Waals surface area (Å²) in [6, 6.07) is 11.0. The minimum absolute atomic E-state index is 0.372. The Hall–Kier alpha value is -2.07. The van der Waals surface area contributed by atoms with Crippen LogP contribution in [0.5, 0.6) is 5.75 Å². The number of hydrogen-bond acceptors (Lipinski definition) is 3. The number of aliphatic hydroxyl groups excluding tert-OH is 1. The lowest BCUT2D eigenvalue weighted by Crippen LogP contribution is -2.21. The number of carboxylic acid groups (broad SMARTS) is 1. The van der Waals surface area contributed by atoms with Gasteiger partial charge in [-0.3, -0.25) is 4.79 Å². The molecule has 0 aliphatic rings. The Labute approximate surface area is 117 Å². The minimum atomic E-state index is -1.03. The van der Waals surface area contributed by atoms with Gasteiger partial charge in [-0.1, -0.05) is 37.3 Å². The highest BCUT2D eigenvalue weighted by atomic mass is 16.5. The summed E-state index contributed by atoms with van der Waals surface area (Å²) in [5.41, 5.74) is 0.621. The van der Waals surface area contributed by atoms with E-state index in [2.05, 4.69) is 0 Å². The number of fused-ring (bicyclic) bond motifs is 1. The van der Waals surface area contributed by atoms with E-state index in [4.69, 9.17) is 4.74 Å². The van der Waals surface area contributed by atoms with Crippen molar-refractivity contribution in [3.8, 4) is 5.75 Å². The van der Waals surface area contributed by atoms with Crippen molar-refractivity contribution in [2.75, 3.05) is 7.11 Å². The van der Waals surface area contributed by atoms with Gasteiger partial charge in [0.15, 0.2) is 0 Å². The summed E-state index contributed by atoms with van der Waals surface area (Å²) in [4.78, 5) is 11.2. The molecule has 0 bridgehead atoms. The molecule has 0 amide bonds. The normalized spacial score (nSPS) is 13.9. The topological polar surface area (TPSA) is 66.8 Å². The molecular weight excluding hydrogens is 256 g/mol. The van der Waals surface area contributed by atoms with Gasteiger partial charge in [-0.2, -0.15) is 0 Å². The van der Waals surface area contributed by atoms with E-state index in [0.717, 1.165) is 10.8 Å². The first-order valence-corrected chi connectivity index (χ1v) is 6.56. The van der Waals surface area contributed by atoms with Crippen LogP contribution in [-0.4, -0.2) is 23.3 Å². The third-order valence-electron chi connectivity index (χ3n) is 3.59. The lowest BCUT2D eigenvalue weighted by atomic mass is 9.90. The van der Waals surface area contributed by atoms with Crippen LogP contribution < -0.4 is 4.74 Å². The first kappa shape index (κ1) is 14.3. The smallest absolute Gasteiger partial charge is 0.309 e. The van der Waals surface area contributed by atoms with E-state index in [1.54, 1.807) is 26.2 Å². The Morgan fingerprint density at radius 2 is 1.85 bits per heavy atom. The molecule has 2 N–H and O–H groups in total. The van der Waals surface area contributed by atoms with Gasteiger partial charge in [0.2, 0.25) is 0 Å². The number of carboxylic acids is 1. The van der Waals surface area contributed by atoms with Crippen LogP contribution in [0.3, 0.4) is 0 Å². The average Bonchev–Trinajstić information content (AvgIpc) is 2.46. The van der Waals surface area contributed by atoms with E-state index >= 15 is 0 Å². The summed E-state index contributed by atoms with van der Waals surface area (Å²) in [6.07, 6.45) is -0.662. The summed E-state index contributed by atoms with van der Waals surface area (Å²) >= 11 is 0. The van der Waals surface area contributed by atoms with Crippen molar-refractivity contribution < 1.29 is 19.7 Å². The number of benzene rings is 2. The number of hydrogen-bond donors (Lipinski definition) is 2. The zero-order chi connectivity index (χ0) is 14.7. The van der Waals surface area contributed by atoms with Crippen molar-refractivity contribution in [1.82, 2.24) is 0 Å². The lowest BCUT2D eigenvalue weighted by Gasteiger charge is -2.20. The van der Waals surface area contributed by atoms with Gasteiger partial charge in [0, 0.05) is 5.39 Å². The fourth-order valence-corrected chi connectivity index (χ4v) is 2.48. The van der Waals surface area contributed by atoms with Gasteiger partial charge in [0.25, 0.3) is 0 Å². The third-order valence-corrected chi connectivity index (χ3v) is 3.59. The quantitative estimate of drug-likeness (QED) is 0.879. The molecule has 2 aromatic carbocycles. The number of ether oxygens (including phenoxy) is 1. The predicted octanol–water partition coefficient (Wildman–Crippen LogP) is 2.99. The highest BCUT2D eigenvalue weighted by Crippen LogP contribution is 2.35. The fraction of sp³-hybridized carbons (Fsp3) is 0.312. The molecule has 4 nitrogen and oxygen atoms in total. The van der Waals surface area contributed by atoms with E-state index in [0.29, 0.717) is 17.7 Å². The Morgan fingerprint density at radius 1 is 1.20 bits per heavy atom. The molecule has 2 unspecified atom stereocenters. The number of rotatable bonds is 5. The van der Waals surface area contributed by atoms with Gasteiger partial charge in [-0.05, 0) is 23.4 Å². The SMILES string of the molecule is CCC(C(=O)O)C(O)c1ccc(OC)c2ccccc12. The molecule has 0 heterocycles. The molecule has 20 heavy (non-hydrogen) atoms. The van der Waals surface area contributed by atoms with E-state index in [-0.39, 0.29) is 0 Å². The number of methoxy groups -OCH3 is 1. The molecule has 2 rings (SSSR count). The molecule has 106 valence electrons. The summed E-state index contributed by atoms with van der Waals surface area (Å²) < 4.78 is 5.30. The van der Waals surface area contributed by atoms with Crippen molar-refractivity contribution in [2.24, 2.45) is 5.92 Å². The zero-order valence-electron chi connectivity index (χ0n) is 11.5. The van der Waals surface area contributed by atoms with Crippen LogP contribution in [0.2, 0.25) is 0 Å². The first-order valence-electron chi connectivity index (χ1n) is 6.56. The molecule has 0 spiro atoms. The van der Waals surface area contributed by atoms with Crippen molar-refractivity contribution in [1.29, 1.82) is 0 Å². The Morgan fingerprint density at radius 3 is 2.40 bits per heavy atom. The summed E-state index contributed by atoms with van der Waals surface area (Å²) in [6.45, 7) is 1.76. The van der Waals surface area contributed by atoms with Gasteiger partial charge >= 0.3 is 5.97 Å². The second-order valence-corrected chi connectivity index (χ2v) is 4.70. The summed E-state index contributed by atoms with van der Waals surface area (Å²) in [5.74, 6) is -1.09. The second kappa shape index (κ2) is 5.92. The Bertz CT molecular complexity index is 621. The van der Waals surface area contributed by atoms with E-state index in [1.807, 2.05) is 24.3 Å². The molecule has 0 aliphatic heterocycles. The maximum Gasteiger partial charge on any atom is 0.309 e. The molecule has 2 aromatic rings. The largest absolute Gasteiger partial charge is 0.496 e. The van der Waals surface area contributed by atoms with Crippen molar-refractivity contribution >= 4 is 16.7 Å². The van der Waals surface area contributed by atoms with Crippen LogP contribution in [0, 0.1) is 5.92 Å². The van der Waals surface area contributed by atoms with Crippen LogP contribution >= 0.6 is 0 Å². The summed E-state index contributed by atoms with van der Waals surface area (Å²) in [7, 11) is 1.59. The van der Waals surface area contributed by atoms with Crippen molar-refractivity contribution in [3.05, 3.63) is 42.0 Å². The summed E-state index contributed by atoms with van der Waals surface area (Å²) in [5, 5.41) is 21.3. The average molecular weight is 274 g/mol. The van der Waals surface area contributed by atoms with Gasteiger partial charge < -0.3 is 14.9 Å². The zero-order valence-corrected chi connectivity index (χ0v) is 11.5. The number of aliphatic hydroxyl groups is 1. The molecule has 0 fully saturated rings. The maximum absolute atomic E-state index is 11.2. The molecule has 0 saturated carbocycles. The number of aliphatic carboxylic acids is 1. The van der Waals surface area contributed by atoms with E-state index in [9.17, 15) is 15.0 Å². The predicted molar refractivity (Wildman–Crippen MR) is 76.9 cm³/mol. The first-order chi connectivity index (χ1) is 9.60. The van der Waals surface area contributed by atoms with Gasteiger partial charge in [-0.25, -0.2) is 0 Å². The van der Waals surface area contributed by atoms with Gasteiger partial charge in [0.05, 0.1) is 19.1 Å². The maximum atomic E-state index is 11.2. The molecular formula is C16H18O4. The van der Waals surface area contributed by atoms with Crippen LogP contribution in [0.4, 0.5) is 0 Å². The molecule has 0 radical (unpaired) electrons. The standard InChI is InChI=1S/C16H18O4/c1-3-10(16(18)19)15(17)13-8-9-14(20-2)12-7-5-4-6-11(12)13/h4-10,15,17H,3H2,1-2H3,(H,18,19). The van der Waals surface area contributed by atoms with E-state index in [1.165, 1.54) is 0 Å². The van der Waals surface area contributed by atoms with Crippen LogP contribution in [0.1, 0.15) is 25.0 Å². The highest BCUT2D eigenvalue weighted by molar-refractivity contribution is 5.91. The Kier molecular flexibility index (Phi) is 4.25. The minimum Gasteiger partial charge on any atom is -0.496 e.